The summed E-state index contributed by atoms with van der Waals surface area (Å²) in [5, 5.41) is 0.0703. The van der Waals surface area contributed by atoms with Gasteiger partial charge in [-0.3, -0.25) is 4.79 Å². The van der Waals surface area contributed by atoms with Crippen LogP contribution in [0.3, 0.4) is 0 Å². The van der Waals surface area contributed by atoms with Crippen molar-refractivity contribution in [1.82, 2.24) is 19.9 Å². The number of halogens is 3. The van der Waals surface area contributed by atoms with Gasteiger partial charge in [-0.2, -0.15) is 26.6 Å². The highest BCUT2D eigenvalue weighted by Gasteiger charge is 2.48. The summed E-state index contributed by atoms with van der Waals surface area (Å²) >= 11 is 0. The zero-order chi connectivity index (χ0) is 17.5. The Labute approximate surface area is 131 Å². The highest BCUT2D eigenvalue weighted by Crippen LogP contribution is 2.26. The van der Waals surface area contributed by atoms with Gasteiger partial charge in [-0.05, 0) is 18.2 Å². The van der Waals surface area contributed by atoms with Crippen molar-refractivity contribution < 1.29 is 25.8 Å². The monoisotopic (exact) mass is 358 g/mol. The summed E-state index contributed by atoms with van der Waals surface area (Å²) in [5.74, 6) is -0.864. The van der Waals surface area contributed by atoms with E-state index in [2.05, 4.69) is 24.1 Å². The number of alkyl halides is 3. The van der Waals surface area contributed by atoms with Crippen molar-refractivity contribution in [3.05, 3.63) is 40.8 Å². The van der Waals surface area contributed by atoms with Crippen LogP contribution in [0, 0.1) is 0 Å². The molecule has 3 aromatic rings. The maximum absolute atomic E-state index is 12.3. The summed E-state index contributed by atoms with van der Waals surface area (Å²) in [4.78, 5) is 27.0. The summed E-state index contributed by atoms with van der Waals surface area (Å²) in [7, 11) is -5.88. The Morgan fingerprint density at radius 1 is 1.00 bits per heavy atom. The van der Waals surface area contributed by atoms with Crippen LogP contribution in [0.4, 0.5) is 13.2 Å². The molecule has 3 rings (SSSR count). The Balaban J connectivity index is 2.20. The summed E-state index contributed by atoms with van der Waals surface area (Å²) in [6.07, 6.45) is 1.34. The first-order chi connectivity index (χ1) is 11.2. The molecule has 0 fully saturated rings. The molecule has 0 aliphatic heterocycles. The van der Waals surface area contributed by atoms with E-state index in [9.17, 15) is 26.4 Å². The van der Waals surface area contributed by atoms with E-state index in [0.717, 1.165) is 12.1 Å². The molecule has 0 aliphatic carbocycles. The third-order valence-corrected chi connectivity index (χ3v) is 3.72. The molecule has 0 radical (unpaired) electrons. The van der Waals surface area contributed by atoms with Crippen molar-refractivity contribution >= 4 is 32.3 Å². The molecule has 124 valence electrons. The molecule has 0 atom stereocenters. The minimum atomic E-state index is -5.88. The van der Waals surface area contributed by atoms with Crippen molar-refractivity contribution in [2.24, 2.45) is 0 Å². The molecular formula is C12H5F3N4O4S. The fourth-order valence-corrected chi connectivity index (χ4v) is 2.13. The van der Waals surface area contributed by atoms with Gasteiger partial charge in [0.25, 0.3) is 5.56 Å². The van der Waals surface area contributed by atoms with Crippen LogP contribution in [0.2, 0.25) is 0 Å². The van der Waals surface area contributed by atoms with Crippen molar-refractivity contribution in [3.8, 4) is 5.88 Å². The highest BCUT2D eigenvalue weighted by atomic mass is 32.2. The van der Waals surface area contributed by atoms with Crippen LogP contribution in [0.1, 0.15) is 0 Å². The Morgan fingerprint density at radius 3 is 2.46 bits per heavy atom. The Morgan fingerprint density at radius 2 is 1.75 bits per heavy atom. The van der Waals surface area contributed by atoms with Crippen molar-refractivity contribution in [1.29, 1.82) is 0 Å². The SMILES string of the molecule is O=c1nc2ccc(OS(=O)(=O)C(F)(F)F)nc2nc2ncccc12. The Hall–Kier alpha value is -2.89. The van der Waals surface area contributed by atoms with Gasteiger partial charge < -0.3 is 4.18 Å². The number of pyridine rings is 2. The van der Waals surface area contributed by atoms with Crippen molar-refractivity contribution in [3.63, 3.8) is 0 Å². The van der Waals surface area contributed by atoms with E-state index < -0.39 is 27.1 Å². The molecule has 0 N–H and O–H groups in total. The van der Waals surface area contributed by atoms with Gasteiger partial charge in [0.1, 0.15) is 5.52 Å². The molecule has 0 saturated heterocycles. The van der Waals surface area contributed by atoms with Gasteiger partial charge in [0.05, 0.1) is 5.39 Å². The predicted molar refractivity (Wildman–Crippen MR) is 74.5 cm³/mol. The van der Waals surface area contributed by atoms with Crippen LogP contribution in [0.25, 0.3) is 22.2 Å². The maximum atomic E-state index is 12.3. The molecule has 3 aromatic heterocycles. The second kappa shape index (κ2) is 5.33. The topological polar surface area (TPSA) is 112 Å². The third kappa shape index (κ3) is 2.82. The number of rotatable bonds is 2. The van der Waals surface area contributed by atoms with Crippen LogP contribution in [-0.2, 0) is 10.1 Å². The number of aromatic nitrogens is 4. The largest absolute Gasteiger partial charge is 0.534 e. The van der Waals surface area contributed by atoms with Crippen LogP contribution < -0.4 is 9.74 Å². The lowest BCUT2D eigenvalue weighted by Crippen LogP contribution is -2.28. The lowest BCUT2D eigenvalue weighted by atomic mass is 10.3. The van der Waals surface area contributed by atoms with Crippen LogP contribution >= 0.6 is 0 Å². The fourth-order valence-electron chi connectivity index (χ4n) is 1.72. The third-order valence-electron chi connectivity index (χ3n) is 2.76. The molecule has 0 saturated carbocycles. The molecule has 12 heteroatoms. The van der Waals surface area contributed by atoms with E-state index >= 15 is 0 Å². The van der Waals surface area contributed by atoms with E-state index in [-0.39, 0.29) is 22.2 Å². The van der Waals surface area contributed by atoms with Gasteiger partial charge in [-0.25, -0.2) is 15.0 Å². The predicted octanol–water partition coefficient (Wildman–Crippen LogP) is 1.16. The molecule has 3 heterocycles. The van der Waals surface area contributed by atoms with Gasteiger partial charge in [-0.1, -0.05) is 0 Å². The van der Waals surface area contributed by atoms with Crippen LogP contribution in [0.5, 0.6) is 5.88 Å². The number of nitrogens with zero attached hydrogens (tertiary/aromatic N) is 4. The first kappa shape index (κ1) is 16.0. The summed E-state index contributed by atoms with van der Waals surface area (Å²) < 4.78 is 62.9. The van der Waals surface area contributed by atoms with Crippen molar-refractivity contribution in [2.75, 3.05) is 0 Å². The first-order valence-corrected chi connectivity index (χ1v) is 7.53. The number of fused-ring (bicyclic) bond motifs is 2. The minimum absolute atomic E-state index is 0.0478. The lowest BCUT2D eigenvalue weighted by Gasteiger charge is -2.08. The Kier molecular flexibility index (Phi) is 3.55. The lowest BCUT2D eigenvalue weighted by molar-refractivity contribution is -0.0501. The molecule has 0 aromatic carbocycles. The van der Waals surface area contributed by atoms with E-state index in [4.69, 9.17) is 0 Å². The smallest absolute Gasteiger partial charge is 0.355 e. The zero-order valence-electron chi connectivity index (χ0n) is 11.4. The van der Waals surface area contributed by atoms with Gasteiger partial charge in [-0.15, -0.1) is 0 Å². The van der Waals surface area contributed by atoms with Crippen LogP contribution in [-0.4, -0.2) is 33.9 Å². The molecule has 0 amide bonds. The molecule has 0 unspecified atom stereocenters. The highest BCUT2D eigenvalue weighted by molar-refractivity contribution is 7.87. The Bertz CT molecular complexity index is 1120. The van der Waals surface area contributed by atoms with Gasteiger partial charge in [0.2, 0.25) is 5.88 Å². The van der Waals surface area contributed by atoms with E-state index in [0.29, 0.717) is 0 Å². The van der Waals surface area contributed by atoms with E-state index in [1.165, 1.54) is 18.3 Å². The first-order valence-electron chi connectivity index (χ1n) is 6.12. The second-order valence-corrected chi connectivity index (χ2v) is 5.92. The summed E-state index contributed by atoms with van der Waals surface area (Å²) in [6, 6.07) is 4.79. The maximum Gasteiger partial charge on any atom is 0.534 e. The number of hydrogen-bond acceptors (Lipinski definition) is 8. The molecule has 0 aliphatic rings. The average Bonchev–Trinajstić information content (AvgIpc) is 2.62. The van der Waals surface area contributed by atoms with E-state index in [1.54, 1.807) is 0 Å². The molecule has 0 spiro atoms. The van der Waals surface area contributed by atoms with Gasteiger partial charge in [0, 0.05) is 12.3 Å². The fraction of sp³-hybridized carbons (Fsp3) is 0.0833. The molecule has 8 nitrogen and oxygen atoms in total. The minimum Gasteiger partial charge on any atom is -0.355 e. The quantitative estimate of drug-likeness (QED) is 0.495. The average molecular weight is 358 g/mol. The van der Waals surface area contributed by atoms with Gasteiger partial charge in [0.15, 0.2) is 11.3 Å². The van der Waals surface area contributed by atoms with Crippen LogP contribution in [0.15, 0.2) is 35.3 Å². The standard InChI is InChI=1S/C12H5F3N4O4S/c13-12(14,15)24(21,22)23-8-4-3-7-10(18-8)19-9-6(11(20)17-7)2-1-5-16-9/h1-5H. The summed E-state index contributed by atoms with van der Waals surface area (Å²) in [6.45, 7) is 0. The normalized spacial score (nSPS) is 12.5. The molecular weight excluding hydrogens is 353 g/mol. The summed E-state index contributed by atoms with van der Waals surface area (Å²) in [5.41, 5.74) is -6.68. The van der Waals surface area contributed by atoms with Crippen molar-refractivity contribution in [2.45, 2.75) is 5.51 Å². The number of hydrogen-bond donors (Lipinski definition) is 0. The molecule has 24 heavy (non-hydrogen) atoms. The zero-order valence-corrected chi connectivity index (χ0v) is 12.2. The molecule has 0 bridgehead atoms. The second-order valence-electron chi connectivity index (χ2n) is 4.38. The van der Waals surface area contributed by atoms with E-state index in [1.807, 2.05) is 0 Å². The van der Waals surface area contributed by atoms with Gasteiger partial charge >= 0.3 is 15.6 Å².